The van der Waals surface area contributed by atoms with E-state index in [1.807, 2.05) is 18.2 Å². The molecule has 0 saturated heterocycles. The predicted molar refractivity (Wildman–Crippen MR) is 77.7 cm³/mol. The van der Waals surface area contributed by atoms with Gasteiger partial charge < -0.3 is 14.8 Å². The van der Waals surface area contributed by atoms with E-state index in [1.54, 1.807) is 13.0 Å². The minimum absolute atomic E-state index is 0.0198. The smallest absolute Gasteiger partial charge is 0.303 e. The molecular formula is C14H14BrNO4. The van der Waals surface area contributed by atoms with Gasteiger partial charge in [-0.25, -0.2) is 0 Å². The molecule has 2 rings (SSSR count). The predicted octanol–water partition coefficient (Wildman–Crippen LogP) is 3.04. The Kier molecular flexibility index (Phi) is 4.44. The molecule has 2 aromatic rings. The van der Waals surface area contributed by atoms with Crippen LogP contribution in [0.3, 0.4) is 0 Å². The molecule has 1 amide bonds. The fourth-order valence-corrected chi connectivity index (χ4v) is 2.33. The topological polar surface area (TPSA) is 79.5 Å². The number of aliphatic carboxylic acids is 1. The van der Waals surface area contributed by atoms with Crippen LogP contribution < -0.4 is 5.32 Å². The van der Waals surface area contributed by atoms with Gasteiger partial charge in [0, 0.05) is 18.4 Å². The zero-order valence-corrected chi connectivity index (χ0v) is 12.4. The van der Waals surface area contributed by atoms with Crippen LogP contribution in [0.2, 0.25) is 0 Å². The normalized spacial score (nSPS) is 12.3. The first-order valence-electron chi connectivity index (χ1n) is 6.15. The summed E-state index contributed by atoms with van der Waals surface area (Å²) >= 11 is 3.36. The van der Waals surface area contributed by atoms with Crippen LogP contribution in [0.5, 0.6) is 0 Å². The highest BCUT2D eigenvalue weighted by atomic mass is 79.9. The molecule has 0 aliphatic carbocycles. The summed E-state index contributed by atoms with van der Waals surface area (Å²) in [5.41, 5.74) is 0.622. The van der Waals surface area contributed by atoms with E-state index in [-0.39, 0.29) is 24.0 Å². The van der Waals surface area contributed by atoms with Crippen molar-refractivity contribution in [2.45, 2.75) is 13.3 Å². The van der Waals surface area contributed by atoms with E-state index >= 15 is 0 Å². The van der Waals surface area contributed by atoms with Crippen LogP contribution in [0.25, 0.3) is 11.0 Å². The molecule has 1 aromatic carbocycles. The molecule has 0 aliphatic heterocycles. The van der Waals surface area contributed by atoms with Gasteiger partial charge in [0.25, 0.3) is 5.91 Å². The fourth-order valence-electron chi connectivity index (χ4n) is 1.86. The molecule has 0 fully saturated rings. The molecule has 106 valence electrons. The first-order chi connectivity index (χ1) is 9.47. The number of hydrogen-bond acceptors (Lipinski definition) is 3. The number of para-hydroxylation sites is 1. The van der Waals surface area contributed by atoms with Crippen molar-refractivity contribution in [3.05, 3.63) is 34.5 Å². The van der Waals surface area contributed by atoms with Crippen molar-refractivity contribution in [2.24, 2.45) is 5.92 Å². The van der Waals surface area contributed by atoms with Gasteiger partial charge in [0.15, 0.2) is 5.76 Å². The zero-order chi connectivity index (χ0) is 14.7. The van der Waals surface area contributed by atoms with Crippen molar-refractivity contribution >= 4 is 38.8 Å². The number of nitrogens with one attached hydrogen (secondary N) is 1. The molecule has 0 radical (unpaired) electrons. The number of amides is 1. The Balaban J connectivity index is 2.04. The second-order valence-electron chi connectivity index (χ2n) is 4.68. The van der Waals surface area contributed by atoms with Gasteiger partial charge in [-0.2, -0.15) is 0 Å². The Morgan fingerprint density at radius 1 is 1.45 bits per heavy atom. The van der Waals surface area contributed by atoms with Crippen molar-refractivity contribution in [1.82, 2.24) is 5.32 Å². The number of carbonyl (C=O) groups excluding carboxylic acids is 1. The maximum absolute atomic E-state index is 11.9. The lowest BCUT2D eigenvalue weighted by Crippen LogP contribution is -2.28. The highest BCUT2D eigenvalue weighted by molar-refractivity contribution is 9.10. The van der Waals surface area contributed by atoms with Crippen LogP contribution in [0.1, 0.15) is 23.9 Å². The number of halogens is 1. The Labute approximate surface area is 124 Å². The highest BCUT2D eigenvalue weighted by Gasteiger charge is 2.15. The highest BCUT2D eigenvalue weighted by Crippen LogP contribution is 2.26. The number of carbonyl (C=O) groups is 2. The van der Waals surface area contributed by atoms with Crippen LogP contribution in [0.4, 0.5) is 0 Å². The second-order valence-corrected chi connectivity index (χ2v) is 5.54. The Morgan fingerprint density at radius 3 is 2.85 bits per heavy atom. The lowest BCUT2D eigenvalue weighted by Gasteiger charge is -2.08. The third kappa shape index (κ3) is 3.39. The van der Waals surface area contributed by atoms with Crippen LogP contribution >= 0.6 is 15.9 Å². The lowest BCUT2D eigenvalue weighted by molar-refractivity contribution is -0.137. The molecule has 1 heterocycles. The molecule has 6 heteroatoms. The number of rotatable bonds is 5. The lowest BCUT2D eigenvalue weighted by atomic mass is 10.1. The van der Waals surface area contributed by atoms with Crippen LogP contribution in [-0.2, 0) is 4.79 Å². The van der Waals surface area contributed by atoms with Gasteiger partial charge in [-0.3, -0.25) is 9.59 Å². The Morgan fingerprint density at radius 2 is 2.20 bits per heavy atom. The molecular weight excluding hydrogens is 326 g/mol. The maximum atomic E-state index is 11.9. The summed E-state index contributed by atoms with van der Waals surface area (Å²) in [6, 6.07) is 7.21. The average molecular weight is 340 g/mol. The monoisotopic (exact) mass is 339 g/mol. The van der Waals surface area contributed by atoms with E-state index in [4.69, 9.17) is 9.52 Å². The van der Waals surface area contributed by atoms with Crippen molar-refractivity contribution in [2.75, 3.05) is 6.54 Å². The van der Waals surface area contributed by atoms with Gasteiger partial charge in [0.2, 0.25) is 0 Å². The fraction of sp³-hybridized carbons (Fsp3) is 0.286. The number of carboxylic acid groups (broad SMARTS) is 1. The van der Waals surface area contributed by atoms with E-state index in [9.17, 15) is 9.59 Å². The van der Waals surface area contributed by atoms with Gasteiger partial charge in [-0.15, -0.1) is 0 Å². The summed E-state index contributed by atoms with van der Waals surface area (Å²) in [7, 11) is 0. The number of carboxylic acids is 1. The zero-order valence-electron chi connectivity index (χ0n) is 10.9. The third-order valence-electron chi connectivity index (χ3n) is 2.85. The van der Waals surface area contributed by atoms with Crippen molar-refractivity contribution < 1.29 is 19.1 Å². The first kappa shape index (κ1) is 14.6. The first-order valence-corrected chi connectivity index (χ1v) is 6.94. The quantitative estimate of drug-likeness (QED) is 0.877. The number of fused-ring (bicyclic) bond motifs is 1. The van der Waals surface area contributed by atoms with Gasteiger partial charge >= 0.3 is 5.97 Å². The molecule has 20 heavy (non-hydrogen) atoms. The van der Waals surface area contributed by atoms with Crippen molar-refractivity contribution in [1.29, 1.82) is 0 Å². The number of furan rings is 1. The molecule has 0 aliphatic rings. The molecule has 1 aromatic heterocycles. The number of benzene rings is 1. The minimum atomic E-state index is -0.876. The third-order valence-corrected chi connectivity index (χ3v) is 3.48. The molecule has 0 spiro atoms. The maximum Gasteiger partial charge on any atom is 0.303 e. The van der Waals surface area contributed by atoms with E-state index < -0.39 is 5.97 Å². The van der Waals surface area contributed by atoms with Crippen LogP contribution in [0.15, 0.2) is 33.2 Å². The number of hydrogen-bond donors (Lipinski definition) is 2. The summed E-state index contributed by atoms with van der Waals surface area (Å²) in [5, 5.41) is 12.2. The average Bonchev–Trinajstić information content (AvgIpc) is 2.80. The summed E-state index contributed by atoms with van der Waals surface area (Å²) < 4.78 is 6.28. The molecule has 0 bridgehead atoms. The standard InChI is InChI=1S/C14H14BrNO4/c1-8(5-12(17)18)7-16-14(19)11-6-9-3-2-4-10(15)13(9)20-11/h2-4,6,8H,5,7H2,1H3,(H,16,19)(H,17,18). The SMILES string of the molecule is CC(CNC(=O)c1cc2cccc(Br)c2o1)CC(=O)O. The Bertz CT molecular complexity index is 650. The summed E-state index contributed by atoms with van der Waals surface area (Å²) in [6.45, 7) is 2.06. The largest absolute Gasteiger partial charge is 0.481 e. The summed E-state index contributed by atoms with van der Waals surface area (Å²) in [5.74, 6) is -1.13. The van der Waals surface area contributed by atoms with Crippen molar-refractivity contribution in [3.8, 4) is 0 Å². The summed E-state index contributed by atoms with van der Waals surface area (Å²) in [6.07, 6.45) is 0.0198. The van der Waals surface area contributed by atoms with Gasteiger partial charge in [0.05, 0.1) is 4.47 Å². The molecule has 0 saturated carbocycles. The second kappa shape index (κ2) is 6.09. The van der Waals surface area contributed by atoms with E-state index in [0.717, 1.165) is 9.86 Å². The molecule has 1 unspecified atom stereocenters. The van der Waals surface area contributed by atoms with Crippen LogP contribution in [-0.4, -0.2) is 23.5 Å². The Hall–Kier alpha value is -1.82. The van der Waals surface area contributed by atoms with E-state index in [1.165, 1.54) is 0 Å². The summed E-state index contributed by atoms with van der Waals surface area (Å²) in [4.78, 5) is 22.5. The van der Waals surface area contributed by atoms with E-state index in [2.05, 4.69) is 21.2 Å². The molecule has 5 nitrogen and oxygen atoms in total. The van der Waals surface area contributed by atoms with Crippen LogP contribution in [0, 0.1) is 5.92 Å². The minimum Gasteiger partial charge on any atom is -0.481 e. The van der Waals surface area contributed by atoms with Gasteiger partial charge in [-0.05, 0) is 34.0 Å². The van der Waals surface area contributed by atoms with E-state index in [0.29, 0.717) is 12.1 Å². The molecule has 1 atom stereocenters. The van der Waals surface area contributed by atoms with Gasteiger partial charge in [-0.1, -0.05) is 19.1 Å². The van der Waals surface area contributed by atoms with Crippen molar-refractivity contribution in [3.63, 3.8) is 0 Å². The van der Waals surface area contributed by atoms with Gasteiger partial charge in [0.1, 0.15) is 5.58 Å². The molecule has 2 N–H and O–H groups in total.